The number of rotatable bonds is 4. The number of benzene rings is 2. The van der Waals surface area contributed by atoms with Crippen molar-refractivity contribution in [2.75, 3.05) is 19.6 Å². The maximum Gasteiger partial charge on any atom is 0.267 e. The summed E-state index contributed by atoms with van der Waals surface area (Å²) in [5.74, 6) is -5.43. The van der Waals surface area contributed by atoms with E-state index in [1.807, 2.05) is 0 Å². The molecule has 1 amide bonds. The minimum atomic E-state index is -3.08. The number of phenols is 1. The van der Waals surface area contributed by atoms with E-state index in [9.17, 15) is 27.5 Å². The van der Waals surface area contributed by atoms with Gasteiger partial charge >= 0.3 is 0 Å². The van der Waals surface area contributed by atoms with Gasteiger partial charge in [-0.1, -0.05) is 30.3 Å². The van der Waals surface area contributed by atoms with Crippen LogP contribution in [0.1, 0.15) is 36.2 Å². The summed E-state index contributed by atoms with van der Waals surface area (Å²) in [5, 5.41) is 9.38. The molecule has 2 aliphatic heterocycles. The molecule has 0 spiro atoms. The van der Waals surface area contributed by atoms with E-state index >= 15 is 0 Å². The summed E-state index contributed by atoms with van der Waals surface area (Å²) in [6, 6.07) is 10.2. The molecule has 2 aromatic rings. The first kappa shape index (κ1) is 20.7. The Morgan fingerprint density at radius 2 is 1.73 bits per heavy atom. The Morgan fingerprint density at radius 1 is 1.03 bits per heavy atom. The second kappa shape index (κ2) is 7.91. The zero-order valence-corrected chi connectivity index (χ0v) is 16.1. The van der Waals surface area contributed by atoms with Gasteiger partial charge in [0.2, 0.25) is 12.2 Å². The molecule has 1 N–H and O–H groups in total. The van der Waals surface area contributed by atoms with Crippen molar-refractivity contribution >= 4 is 5.91 Å². The van der Waals surface area contributed by atoms with Gasteiger partial charge in [0.25, 0.3) is 5.92 Å². The average molecular weight is 422 g/mol. The van der Waals surface area contributed by atoms with Gasteiger partial charge in [0, 0.05) is 12.1 Å². The van der Waals surface area contributed by atoms with Crippen LogP contribution in [0.3, 0.4) is 0 Å². The summed E-state index contributed by atoms with van der Waals surface area (Å²) in [7, 11) is 0. The molecule has 0 aliphatic carbocycles. The predicted molar refractivity (Wildman–Crippen MR) is 102 cm³/mol. The van der Waals surface area contributed by atoms with E-state index in [0.717, 1.165) is 11.0 Å². The van der Waals surface area contributed by atoms with Crippen molar-refractivity contribution in [3.8, 4) is 5.75 Å². The van der Waals surface area contributed by atoms with Gasteiger partial charge < -0.3 is 10.0 Å². The number of alkyl halides is 3. The van der Waals surface area contributed by atoms with Gasteiger partial charge in [-0.3, -0.25) is 9.69 Å². The Kier molecular flexibility index (Phi) is 5.44. The molecule has 0 bridgehead atoms. The van der Waals surface area contributed by atoms with Crippen LogP contribution in [-0.2, 0) is 4.79 Å². The molecule has 4 rings (SSSR count). The molecule has 160 valence electrons. The number of aromatic hydroxyl groups is 1. The first-order valence-corrected chi connectivity index (χ1v) is 9.88. The molecule has 2 aliphatic rings. The predicted octanol–water partition coefficient (Wildman–Crippen LogP) is 4.23. The average Bonchev–Trinajstić information content (AvgIpc) is 3.09. The van der Waals surface area contributed by atoms with Crippen LogP contribution in [0, 0.1) is 5.82 Å². The lowest BCUT2D eigenvalue weighted by Gasteiger charge is -2.40. The molecular weight excluding hydrogens is 400 g/mol. The molecule has 4 nitrogen and oxygen atoms in total. The number of carbonyl (C=O) groups is 1. The number of nitrogens with zero attached hydrogens (tertiary/aromatic N) is 2. The number of hydrogen-bond donors (Lipinski definition) is 1. The molecule has 2 fully saturated rings. The molecule has 0 saturated carbocycles. The van der Waals surface area contributed by atoms with Gasteiger partial charge in [0.05, 0.1) is 18.5 Å². The quantitative estimate of drug-likeness (QED) is 0.593. The molecule has 0 aromatic heterocycles. The first-order chi connectivity index (χ1) is 14.3. The number of amides is 1. The van der Waals surface area contributed by atoms with E-state index in [0.29, 0.717) is 5.56 Å². The second-order valence-corrected chi connectivity index (χ2v) is 7.86. The van der Waals surface area contributed by atoms with Crippen LogP contribution < -0.4 is 0 Å². The molecule has 3 unspecified atom stereocenters. The van der Waals surface area contributed by atoms with Crippen LogP contribution in [0.5, 0.6) is 5.75 Å². The summed E-state index contributed by atoms with van der Waals surface area (Å²) in [6.07, 6.45) is -1.60. The third kappa shape index (κ3) is 3.76. The minimum Gasteiger partial charge on any atom is -0.508 e. The lowest BCUT2D eigenvalue weighted by molar-refractivity contribution is -0.142. The highest BCUT2D eigenvalue weighted by Crippen LogP contribution is 2.42. The largest absolute Gasteiger partial charge is 0.508 e. The van der Waals surface area contributed by atoms with Gasteiger partial charge in [-0.25, -0.2) is 17.6 Å². The fourth-order valence-electron chi connectivity index (χ4n) is 4.44. The van der Waals surface area contributed by atoms with Gasteiger partial charge in [0.1, 0.15) is 11.6 Å². The minimum absolute atomic E-state index is 0.00627. The smallest absolute Gasteiger partial charge is 0.267 e. The van der Waals surface area contributed by atoms with Crippen molar-refractivity contribution in [3.05, 3.63) is 65.5 Å². The van der Waals surface area contributed by atoms with E-state index in [4.69, 9.17) is 0 Å². The van der Waals surface area contributed by atoms with Crippen LogP contribution >= 0.6 is 0 Å². The number of carbonyl (C=O) groups excluding carboxylic acids is 1. The summed E-state index contributed by atoms with van der Waals surface area (Å²) in [5.41, 5.74) is 0.197. The van der Waals surface area contributed by atoms with Crippen LogP contribution in [-0.4, -0.2) is 52.4 Å². The third-order valence-electron chi connectivity index (χ3n) is 6.01. The zero-order chi connectivity index (χ0) is 21.5. The van der Waals surface area contributed by atoms with Gasteiger partial charge in [-0.2, -0.15) is 0 Å². The summed E-state index contributed by atoms with van der Waals surface area (Å²) in [6.45, 7) is -0.302. The van der Waals surface area contributed by atoms with Crippen molar-refractivity contribution in [3.63, 3.8) is 0 Å². The number of halogens is 4. The van der Waals surface area contributed by atoms with Gasteiger partial charge in [-0.15, -0.1) is 0 Å². The molecule has 3 atom stereocenters. The third-order valence-corrected chi connectivity index (χ3v) is 6.01. The number of phenolic OH excluding ortho intramolecular Hbond substituents is 1. The summed E-state index contributed by atoms with van der Waals surface area (Å²) >= 11 is 0. The molecule has 2 saturated heterocycles. The fourth-order valence-corrected chi connectivity index (χ4v) is 4.44. The SMILES string of the molecule is O=C1C(N2CCC(c3ccc(O)cc3)C(F)(F)C2)CCN1C(F)c1ccccc1F. The maximum absolute atomic E-state index is 14.9. The standard InChI is InChI=1S/C22H22F4N2O2/c23-18-4-2-1-3-16(18)20(24)28-12-10-19(21(28)30)27-11-9-17(22(25,26)13-27)14-5-7-15(29)8-6-14/h1-8,17,19-20,29H,9-13H2. The molecule has 2 heterocycles. The highest BCUT2D eigenvalue weighted by atomic mass is 19.3. The molecular formula is C22H22F4N2O2. The Bertz CT molecular complexity index is 922. The normalized spacial score (nSPS) is 25.5. The highest BCUT2D eigenvalue weighted by Gasteiger charge is 2.50. The van der Waals surface area contributed by atoms with E-state index in [2.05, 4.69) is 0 Å². The number of likely N-dealkylation sites (tertiary alicyclic amines) is 2. The first-order valence-electron chi connectivity index (χ1n) is 9.88. The maximum atomic E-state index is 14.9. The Balaban J connectivity index is 1.46. The lowest BCUT2D eigenvalue weighted by atomic mass is 9.85. The van der Waals surface area contributed by atoms with Crippen LogP contribution in [0.15, 0.2) is 48.5 Å². The van der Waals surface area contributed by atoms with Crippen LogP contribution in [0.2, 0.25) is 0 Å². The topological polar surface area (TPSA) is 43.8 Å². The van der Waals surface area contributed by atoms with Crippen molar-refractivity contribution < 1.29 is 27.5 Å². The van der Waals surface area contributed by atoms with Gasteiger partial charge in [0.15, 0.2) is 0 Å². The van der Waals surface area contributed by atoms with Crippen LogP contribution in [0.4, 0.5) is 17.6 Å². The fraction of sp³-hybridized carbons (Fsp3) is 0.409. The zero-order valence-electron chi connectivity index (χ0n) is 16.1. The van der Waals surface area contributed by atoms with Crippen molar-refractivity contribution in [1.82, 2.24) is 9.80 Å². The Labute approximate surface area is 171 Å². The van der Waals surface area contributed by atoms with E-state index in [1.165, 1.54) is 47.4 Å². The molecule has 8 heteroatoms. The highest BCUT2D eigenvalue weighted by molar-refractivity contribution is 5.84. The summed E-state index contributed by atoms with van der Waals surface area (Å²) in [4.78, 5) is 15.1. The van der Waals surface area contributed by atoms with Crippen molar-refractivity contribution in [1.29, 1.82) is 0 Å². The monoisotopic (exact) mass is 422 g/mol. The number of hydrogen-bond acceptors (Lipinski definition) is 3. The molecule has 2 aromatic carbocycles. The summed E-state index contributed by atoms with van der Waals surface area (Å²) < 4.78 is 58.6. The van der Waals surface area contributed by atoms with Crippen LogP contribution in [0.25, 0.3) is 0 Å². The van der Waals surface area contributed by atoms with Gasteiger partial charge in [-0.05, 0) is 43.1 Å². The second-order valence-electron chi connectivity index (χ2n) is 7.86. The Hall–Kier alpha value is -2.61. The number of piperidine rings is 1. The van der Waals surface area contributed by atoms with Crippen molar-refractivity contribution in [2.45, 2.75) is 37.0 Å². The Morgan fingerprint density at radius 3 is 2.40 bits per heavy atom. The van der Waals surface area contributed by atoms with Crippen molar-refractivity contribution in [2.24, 2.45) is 0 Å². The van der Waals surface area contributed by atoms with E-state index < -0.39 is 42.4 Å². The lowest BCUT2D eigenvalue weighted by Crippen LogP contribution is -2.53. The van der Waals surface area contributed by atoms with E-state index in [1.54, 1.807) is 0 Å². The van der Waals surface area contributed by atoms with E-state index in [-0.39, 0.29) is 37.2 Å². The molecule has 30 heavy (non-hydrogen) atoms. The molecule has 0 radical (unpaired) electrons.